The molecule has 0 unspecified atom stereocenters. The second kappa shape index (κ2) is 5.96. The Morgan fingerprint density at radius 1 is 1.61 bits per heavy atom. The Kier molecular flexibility index (Phi) is 4.60. The highest BCUT2D eigenvalue weighted by Gasteiger charge is 2.16. The van der Waals surface area contributed by atoms with Crippen molar-refractivity contribution in [3.63, 3.8) is 0 Å². The second-order valence-electron chi connectivity index (χ2n) is 4.17. The van der Waals surface area contributed by atoms with Gasteiger partial charge in [-0.3, -0.25) is 0 Å². The molecule has 1 N–H and O–H groups in total. The monoisotopic (exact) mass is 248 g/mol. The molecule has 0 atom stereocenters. The van der Waals surface area contributed by atoms with Crippen LogP contribution in [0.3, 0.4) is 0 Å². The first-order valence-electron chi connectivity index (χ1n) is 5.68. The van der Waals surface area contributed by atoms with Crippen LogP contribution in [-0.4, -0.2) is 33.6 Å². The van der Waals surface area contributed by atoms with Crippen molar-refractivity contribution in [1.82, 2.24) is 9.97 Å². The van der Waals surface area contributed by atoms with E-state index in [-0.39, 0.29) is 11.6 Å². The molecule has 0 bridgehead atoms. The number of aryl methyl sites for hydroxylation is 1. The average Bonchev–Trinajstić information content (AvgIpc) is 2.28. The topological polar surface area (TPSA) is 90.1 Å². The quantitative estimate of drug-likeness (QED) is 0.851. The van der Waals surface area contributed by atoms with E-state index in [2.05, 4.69) is 16.0 Å². The van der Waals surface area contributed by atoms with Crippen LogP contribution in [0.1, 0.15) is 36.3 Å². The van der Waals surface area contributed by atoms with Crippen LogP contribution in [0.5, 0.6) is 0 Å². The molecule has 1 aromatic rings. The predicted octanol–water partition coefficient (Wildman–Crippen LogP) is 1.61. The zero-order valence-corrected chi connectivity index (χ0v) is 10.7. The number of rotatable bonds is 5. The van der Waals surface area contributed by atoms with Gasteiger partial charge in [-0.05, 0) is 20.8 Å². The first-order chi connectivity index (χ1) is 8.47. The normalized spacial score (nSPS) is 10.2. The van der Waals surface area contributed by atoms with Gasteiger partial charge in [-0.2, -0.15) is 5.26 Å². The molecule has 0 saturated carbocycles. The van der Waals surface area contributed by atoms with Gasteiger partial charge in [-0.25, -0.2) is 14.8 Å². The van der Waals surface area contributed by atoms with Gasteiger partial charge in [0, 0.05) is 18.8 Å². The molecular formula is C12H16N4O2. The molecule has 96 valence electrons. The van der Waals surface area contributed by atoms with Gasteiger partial charge in [0.1, 0.15) is 0 Å². The number of carboxylic acids is 1. The van der Waals surface area contributed by atoms with Gasteiger partial charge in [0.15, 0.2) is 0 Å². The maximum atomic E-state index is 10.9. The van der Waals surface area contributed by atoms with Gasteiger partial charge in [-0.15, -0.1) is 0 Å². The Balaban J connectivity index is 3.03. The molecule has 1 rings (SSSR count). The first kappa shape index (κ1) is 13.9. The van der Waals surface area contributed by atoms with Crippen LogP contribution < -0.4 is 4.90 Å². The number of hydrogen-bond donors (Lipinski definition) is 1. The summed E-state index contributed by atoms with van der Waals surface area (Å²) < 4.78 is 0. The van der Waals surface area contributed by atoms with Gasteiger partial charge in [-0.1, -0.05) is 0 Å². The number of aromatic nitrogens is 2. The highest BCUT2D eigenvalue weighted by atomic mass is 16.4. The standard InChI is InChI=1S/C12H16N4O2/c1-8(2)16(6-4-5-13)12-14-7-10(11(17)18)9(3)15-12/h7-8H,4,6H2,1-3H3,(H,17,18). The van der Waals surface area contributed by atoms with Crippen molar-refractivity contribution in [2.45, 2.75) is 33.2 Å². The van der Waals surface area contributed by atoms with E-state index >= 15 is 0 Å². The molecule has 0 fully saturated rings. The summed E-state index contributed by atoms with van der Waals surface area (Å²) in [7, 11) is 0. The number of nitriles is 1. The second-order valence-corrected chi connectivity index (χ2v) is 4.17. The van der Waals surface area contributed by atoms with Crippen molar-refractivity contribution in [2.75, 3.05) is 11.4 Å². The summed E-state index contributed by atoms with van der Waals surface area (Å²) in [6, 6.07) is 2.22. The molecule has 0 amide bonds. The van der Waals surface area contributed by atoms with Gasteiger partial charge in [0.25, 0.3) is 0 Å². The first-order valence-corrected chi connectivity index (χ1v) is 5.68. The van der Waals surface area contributed by atoms with E-state index in [9.17, 15) is 4.79 Å². The van der Waals surface area contributed by atoms with Crippen LogP contribution in [0.4, 0.5) is 5.95 Å². The van der Waals surface area contributed by atoms with Gasteiger partial charge in [0.2, 0.25) is 5.95 Å². The maximum Gasteiger partial charge on any atom is 0.339 e. The summed E-state index contributed by atoms with van der Waals surface area (Å²) >= 11 is 0. The van der Waals surface area contributed by atoms with Crippen molar-refractivity contribution in [3.05, 3.63) is 17.5 Å². The minimum absolute atomic E-state index is 0.0998. The third kappa shape index (κ3) is 3.17. The Morgan fingerprint density at radius 3 is 2.72 bits per heavy atom. The summed E-state index contributed by atoms with van der Waals surface area (Å²) in [5, 5.41) is 17.5. The highest BCUT2D eigenvalue weighted by molar-refractivity contribution is 5.88. The van der Waals surface area contributed by atoms with E-state index in [1.54, 1.807) is 6.92 Å². The number of anilines is 1. The lowest BCUT2D eigenvalue weighted by atomic mass is 10.2. The van der Waals surface area contributed by atoms with Crippen LogP contribution in [0.15, 0.2) is 6.20 Å². The Morgan fingerprint density at radius 2 is 2.28 bits per heavy atom. The van der Waals surface area contributed by atoms with Crippen LogP contribution in [-0.2, 0) is 0 Å². The molecule has 0 aliphatic rings. The lowest BCUT2D eigenvalue weighted by molar-refractivity contribution is 0.0695. The SMILES string of the molecule is Cc1nc(N(CCC#N)C(C)C)ncc1C(=O)O. The van der Waals surface area contributed by atoms with E-state index in [4.69, 9.17) is 10.4 Å². The van der Waals surface area contributed by atoms with Gasteiger partial charge >= 0.3 is 5.97 Å². The third-order valence-electron chi connectivity index (χ3n) is 2.54. The molecule has 0 aromatic carbocycles. The number of hydrogen-bond acceptors (Lipinski definition) is 5. The molecule has 0 saturated heterocycles. The molecule has 0 aliphatic carbocycles. The highest BCUT2D eigenvalue weighted by Crippen LogP contribution is 2.14. The van der Waals surface area contributed by atoms with Gasteiger partial charge in [0.05, 0.1) is 23.7 Å². The summed E-state index contributed by atoms with van der Waals surface area (Å²) in [5.74, 6) is -0.574. The fourth-order valence-corrected chi connectivity index (χ4v) is 1.56. The Hall–Kier alpha value is -2.16. The fourth-order valence-electron chi connectivity index (χ4n) is 1.56. The lowest BCUT2D eigenvalue weighted by Crippen LogP contribution is -2.33. The van der Waals surface area contributed by atoms with Crippen molar-refractivity contribution < 1.29 is 9.90 Å². The number of nitrogens with zero attached hydrogens (tertiary/aromatic N) is 4. The molecule has 1 heterocycles. The number of carbonyl (C=O) groups is 1. The number of carboxylic acid groups (broad SMARTS) is 1. The Bertz CT molecular complexity index is 479. The van der Waals surface area contributed by atoms with Crippen molar-refractivity contribution in [1.29, 1.82) is 5.26 Å². The maximum absolute atomic E-state index is 10.9. The van der Waals surface area contributed by atoms with E-state index < -0.39 is 5.97 Å². The van der Waals surface area contributed by atoms with Gasteiger partial charge < -0.3 is 10.0 Å². The summed E-state index contributed by atoms with van der Waals surface area (Å²) in [4.78, 5) is 21.0. The molecular weight excluding hydrogens is 232 g/mol. The van der Waals surface area contributed by atoms with E-state index in [0.29, 0.717) is 24.6 Å². The number of aromatic carboxylic acids is 1. The zero-order chi connectivity index (χ0) is 13.7. The fraction of sp³-hybridized carbons (Fsp3) is 0.500. The largest absolute Gasteiger partial charge is 0.478 e. The Labute approximate surface area is 106 Å². The summed E-state index contributed by atoms with van der Waals surface area (Å²) in [6.45, 7) is 6.11. The average molecular weight is 248 g/mol. The molecule has 18 heavy (non-hydrogen) atoms. The van der Waals surface area contributed by atoms with E-state index in [1.807, 2.05) is 18.7 Å². The molecule has 6 nitrogen and oxygen atoms in total. The minimum atomic E-state index is -1.04. The zero-order valence-electron chi connectivity index (χ0n) is 10.7. The van der Waals surface area contributed by atoms with Crippen molar-refractivity contribution in [2.24, 2.45) is 0 Å². The smallest absolute Gasteiger partial charge is 0.339 e. The van der Waals surface area contributed by atoms with Crippen LogP contribution in [0, 0.1) is 18.3 Å². The summed E-state index contributed by atoms with van der Waals surface area (Å²) in [6.07, 6.45) is 1.68. The minimum Gasteiger partial charge on any atom is -0.478 e. The molecule has 1 aromatic heterocycles. The van der Waals surface area contributed by atoms with Crippen molar-refractivity contribution >= 4 is 11.9 Å². The third-order valence-corrected chi connectivity index (χ3v) is 2.54. The van der Waals surface area contributed by atoms with E-state index in [1.165, 1.54) is 6.20 Å². The molecule has 6 heteroatoms. The summed E-state index contributed by atoms with van der Waals surface area (Å²) in [5.41, 5.74) is 0.526. The van der Waals surface area contributed by atoms with Crippen LogP contribution in [0.2, 0.25) is 0 Å². The predicted molar refractivity (Wildman–Crippen MR) is 66.4 cm³/mol. The lowest BCUT2D eigenvalue weighted by Gasteiger charge is -2.25. The molecule has 0 spiro atoms. The van der Waals surface area contributed by atoms with Crippen LogP contribution in [0.25, 0.3) is 0 Å². The van der Waals surface area contributed by atoms with Crippen molar-refractivity contribution in [3.8, 4) is 6.07 Å². The molecule has 0 aliphatic heterocycles. The van der Waals surface area contributed by atoms with E-state index in [0.717, 1.165) is 0 Å². The molecule has 0 radical (unpaired) electrons. The van der Waals surface area contributed by atoms with Crippen LogP contribution >= 0.6 is 0 Å².